The van der Waals surface area contributed by atoms with Crippen LogP contribution in [0.25, 0.3) is 0 Å². The molecule has 0 aromatic heterocycles. The number of hydrogen-bond acceptors (Lipinski definition) is 16. The molecule has 0 saturated carbocycles. The van der Waals surface area contributed by atoms with E-state index in [1.165, 1.54) is 0 Å². The molecule has 0 aliphatic carbocycles. The number of nitrogens with two attached hydrogens (primary N) is 1. The van der Waals surface area contributed by atoms with E-state index in [-0.39, 0.29) is 86.6 Å². The van der Waals surface area contributed by atoms with Gasteiger partial charge in [-0.2, -0.15) is 0 Å². The van der Waals surface area contributed by atoms with Gasteiger partial charge in [-0.25, -0.2) is 24.0 Å². The van der Waals surface area contributed by atoms with Gasteiger partial charge in [0.15, 0.2) is 0 Å². The number of fused-ring (bicyclic) bond motifs is 2. The molecule has 5 amide bonds. The predicted molar refractivity (Wildman–Crippen MR) is 358 cm³/mol. The Bertz CT molecular complexity index is 3090. The van der Waals surface area contributed by atoms with Crippen LogP contribution in [0.2, 0.25) is 20.1 Å². The van der Waals surface area contributed by atoms with Crippen LogP contribution in [-0.4, -0.2) is 148 Å². The highest BCUT2D eigenvalue weighted by atomic mass is 35.5. The van der Waals surface area contributed by atoms with Crippen LogP contribution < -0.4 is 26.2 Å². The molecule has 4 fully saturated rings. The lowest BCUT2D eigenvalue weighted by atomic mass is 10.0. The van der Waals surface area contributed by atoms with Gasteiger partial charge in [-0.05, 0) is 187 Å². The van der Waals surface area contributed by atoms with Gasteiger partial charge in [0.1, 0.15) is 35.8 Å². The molecule has 0 radical (unpaired) electrons. The van der Waals surface area contributed by atoms with Crippen LogP contribution in [0.4, 0.5) is 46.7 Å². The Labute approximate surface area is 560 Å². The molecule has 6 N–H and O–H groups in total. The number of hydrogen-bond donors (Lipinski definition) is 5. The number of ether oxygens (including phenoxy) is 5. The average molecular weight is 1370 g/mol. The van der Waals surface area contributed by atoms with Crippen molar-refractivity contribution in [1.29, 1.82) is 0 Å². The Kier molecular flexibility index (Phi) is 28.8. The second-order valence-electron chi connectivity index (χ2n) is 25.4. The SMILES string of the molecule is CC(C)(C)OC(=O)N1CCC(=O)CC1.CC(C)(C)OC(=O)N1CCC(N2C(=O)OCc3cc(Cl)ccc32)CC1.CC(C)(C)OC(=O)N1CCC(Nc2ccc(Cl)cc2CO)CC1.Cl.Nc1ccc(Cl)cc1CO.O=C1OCc2cc(Cl)ccc2N1C1CCNCC1. The number of rotatable bonds is 6. The van der Waals surface area contributed by atoms with Crippen molar-refractivity contribution in [2.24, 2.45) is 0 Å². The van der Waals surface area contributed by atoms with Gasteiger partial charge in [0.2, 0.25) is 0 Å². The summed E-state index contributed by atoms with van der Waals surface area (Å²) < 4.78 is 26.5. The highest BCUT2D eigenvalue weighted by Gasteiger charge is 2.37. The molecule has 26 heteroatoms. The van der Waals surface area contributed by atoms with E-state index in [4.69, 9.17) is 80.9 Å². The quantitative estimate of drug-likeness (QED) is 0.0888. The number of nitrogens with zero attached hydrogens (tertiary/aromatic N) is 5. The maximum absolute atomic E-state index is 12.3. The topological polar surface area (TPSA) is 255 Å². The van der Waals surface area contributed by atoms with E-state index < -0.39 is 16.8 Å². The average Bonchev–Trinajstić information content (AvgIpc) is 0.872. The van der Waals surface area contributed by atoms with Gasteiger partial charge in [0.25, 0.3) is 0 Å². The predicted octanol–water partition coefficient (Wildman–Crippen LogP) is 13.8. The lowest BCUT2D eigenvalue weighted by molar-refractivity contribution is -0.121. The molecule has 0 unspecified atom stereocenters. The third-order valence-electron chi connectivity index (χ3n) is 14.8. The van der Waals surface area contributed by atoms with Gasteiger partial charge < -0.3 is 65.0 Å². The molecule has 0 atom stereocenters. The fourth-order valence-corrected chi connectivity index (χ4v) is 11.2. The largest absolute Gasteiger partial charge is 0.444 e. The highest BCUT2D eigenvalue weighted by Crippen LogP contribution is 2.36. The fourth-order valence-electron chi connectivity index (χ4n) is 10.4. The number of likely N-dealkylation sites (tertiary alicyclic amines) is 3. The van der Waals surface area contributed by atoms with Crippen LogP contribution in [0.1, 0.15) is 136 Å². The van der Waals surface area contributed by atoms with Gasteiger partial charge >= 0.3 is 30.5 Å². The number of halogens is 5. The second kappa shape index (κ2) is 34.7. The number of aliphatic hydroxyl groups is 2. The molecule has 91 heavy (non-hydrogen) atoms. The summed E-state index contributed by atoms with van der Waals surface area (Å²) in [6, 6.07) is 22.0. The first kappa shape index (κ1) is 75.5. The van der Waals surface area contributed by atoms with Crippen molar-refractivity contribution in [3.05, 3.63) is 115 Å². The van der Waals surface area contributed by atoms with Crippen LogP contribution in [-0.2, 0) is 54.9 Å². The molecule has 0 bridgehead atoms. The Morgan fingerprint density at radius 1 is 0.549 bits per heavy atom. The van der Waals surface area contributed by atoms with Crippen molar-refractivity contribution in [2.45, 2.75) is 175 Å². The summed E-state index contributed by atoms with van der Waals surface area (Å²) in [5.74, 6) is 0.227. The minimum absolute atomic E-state index is 0. The number of cyclic esters (lactones) is 2. The molecule has 6 heterocycles. The standard InChI is InChI=1S/C18H23ClN2O4.C17H25ClN2O3.C13H15ClN2O2.C10H17NO3.C7H8ClNO.ClH/c1-18(2,3)25-16(22)20-8-6-14(7-9-20)21-15-5-4-13(19)10-12(15)11-24-17(21)23;1-17(2,3)23-16(22)20-8-6-14(7-9-20)19-15-5-4-13(18)10-12(15)11-21;14-10-1-2-12-9(7-10)8-18-13(17)16(12)11-3-5-15-6-4-11;1-10(2,3)14-9(13)11-6-4-8(12)5-7-11;8-6-1-2-7(9)5(3-6)4-10;/h4-5,10,14H,6-9,11H2,1-3H3;4-5,10,14,19,21H,6-9,11H2,1-3H3;1-2,7,11,15H,3-6,8H2;4-7H2,1-3H3;1-3,10H,4,9H2;1H. The maximum atomic E-state index is 12.3. The number of ketones is 1. The van der Waals surface area contributed by atoms with Gasteiger partial charge in [-0.15, -0.1) is 12.4 Å². The number of Topliss-reactive ketones (excluding diaryl/α,β-unsaturated/α-hetero) is 1. The van der Waals surface area contributed by atoms with Crippen LogP contribution in [0.15, 0.2) is 72.8 Å². The molecular formula is C65H89Cl5N8O13. The lowest BCUT2D eigenvalue weighted by Gasteiger charge is -2.40. The minimum atomic E-state index is -0.511. The molecule has 4 aromatic rings. The van der Waals surface area contributed by atoms with E-state index >= 15 is 0 Å². The van der Waals surface area contributed by atoms with Gasteiger partial charge in [0, 0.05) is 124 Å². The monoisotopic (exact) mass is 1360 g/mol. The first-order chi connectivity index (χ1) is 42.4. The first-order valence-corrected chi connectivity index (χ1v) is 31.9. The smallest absolute Gasteiger partial charge is 0.414 e. The Morgan fingerprint density at radius 2 is 0.923 bits per heavy atom. The maximum Gasteiger partial charge on any atom is 0.414 e. The minimum Gasteiger partial charge on any atom is -0.444 e. The van der Waals surface area contributed by atoms with Crippen LogP contribution in [0.3, 0.4) is 0 Å². The molecular weight excluding hydrogens is 1280 g/mol. The number of carbonyl (C=O) groups is 6. The molecule has 4 saturated heterocycles. The van der Waals surface area contributed by atoms with E-state index in [9.17, 15) is 33.9 Å². The van der Waals surface area contributed by atoms with E-state index in [2.05, 4.69) is 10.6 Å². The Hall–Kier alpha value is -6.17. The zero-order chi connectivity index (χ0) is 66.1. The van der Waals surface area contributed by atoms with Crippen molar-refractivity contribution >= 4 is 118 Å². The highest BCUT2D eigenvalue weighted by molar-refractivity contribution is 6.31. The first-order valence-electron chi connectivity index (χ1n) is 30.4. The van der Waals surface area contributed by atoms with Crippen molar-refractivity contribution < 1.29 is 62.7 Å². The summed E-state index contributed by atoms with van der Waals surface area (Å²) in [5, 5.41) is 27.4. The lowest BCUT2D eigenvalue weighted by Crippen LogP contribution is -2.51. The van der Waals surface area contributed by atoms with E-state index in [1.807, 2.05) is 98.7 Å². The van der Waals surface area contributed by atoms with Crippen LogP contribution in [0, 0.1) is 0 Å². The molecule has 6 aliphatic rings. The summed E-state index contributed by atoms with van der Waals surface area (Å²) in [5.41, 5.74) is 10.7. The molecule has 10 rings (SSSR count). The Morgan fingerprint density at radius 3 is 1.34 bits per heavy atom. The Balaban J connectivity index is 0.000000212. The zero-order valence-electron chi connectivity index (χ0n) is 53.4. The summed E-state index contributed by atoms with van der Waals surface area (Å²) in [6.45, 7) is 22.4. The van der Waals surface area contributed by atoms with E-state index in [0.29, 0.717) is 103 Å². The van der Waals surface area contributed by atoms with Crippen molar-refractivity contribution in [1.82, 2.24) is 20.0 Å². The number of anilines is 4. The summed E-state index contributed by atoms with van der Waals surface area (Å²) >= 11 is 23.6. The summed E-state index contributed by atoms with van der Waals surface area (Å²) in [7, 11) is 0. The van der Waals surface area contributed by atoms with Gasteiger partial charge in [0.05, 0.1) is 24.6 Å². The number of aliphatic hydroxyl groups excluding tert-OH is 2. The molecule has 4 aromatic carbocycles. The van der Waals surface area contributed by atoms with E-state index in [0.717, 1.165) is 72.5 Å². The number of nitrogen functional groups attached to an aromatic ring is 1. The van der Waals surface area contributed by atoms with Crippen molar-refractivity contribution in [2.75, 3.05) is 73.2 Å². The molecule has 6 aliphatic heterocycles. The number of benzene rings is 4. The van der Waals surface area contributed by atoms with Gasteiger partial charge in [-0.1, -0.05) is 46.4 Å². The number of piperidine rings is 4. The van der Waals surface area contributed by atoms with Gasteiger partial charge in [-0.3, -0.25) is 14.6 Å². The molecule has 502 valence electrons. The van der Waals surface area contributed by atoms with E-state index in [1.54, 1.807) is 60.9 Å². The zero-order valence-corrected chi connectivity index (χ0v) is 57.3. The normalized spacial score (nSPS) is 17.2. The third kappa shape index (κ3) is 24.0. The van der Waals surface area contributed by atoms with Crippen molar-refractivity contribution in [3.8, 4) is 0 Å². The van der Waals surface area contributed by atoms with Crippen molar-refractivity contribution in [3.63, 3.8) is 0 Å². The number of nitrogens with one attached hydrogen (secondary N) is 2. The number of carbonyl (C=O) groups excluding carboxylic acids is 6. The molecule has 21 nitrogen and oxygen atoms in total. The summed E-state index contributed by atoms with van der Waals surface area (Å²) in [4.78, 5) is 79.5. The van der Waals surface area contributed by atoms with Crippen LogP contribution >= 0.6 is 58.8 Å². The number of amides is 5. The fraction of sp³-hybridized carbons (Fsp3) is 0.538. The summed E-state index contributed by atoms with van der Waals surface area (Å²) in [6.07, 6.45) is 4.41. The van der Waals surface area contributed by atoms with Crippen LogP contribution in [0.5, 0.6) is 0 Å². The molecule has 0 spiro atoms. The third-order valence-corrected chi connectivity index (χ3v) is 15.8. The second-order valence-corrected chi connectivity index (χ2v) is 27.2.